The average Bonchev–Trinajstić information content (AvgIpc) is 2.32. The number of nitrogens with zero attached hydrogens (tertiary/aromatic N) is 2. The maximum Gasteiger partial charge on any atom is 0.0772 e. The van der Waals surface area contributed by atoms with Gasteiger partial charge in [0, 0.05) is 25.8 Å². The largest absolute Gasteiger partial charge is 0.393 e. The van der Waals surface area contributed by atoms with Crippen LogP contribution in [0, 0.1) is 5.92 Å². The molecule has 0 spiro atoms. The van der Waals surface area contributed by atoms with Crippen LogP contribution in [0.15, 0.2) is 18.3 Å². The van der Waals surface area contributed by atoms with Gasteiger partial charge in [-0.25, -0.2) is 0 Å². The first kappa shape index (κ1) is 11.4. The number of rotatable bonds is 2. The van der Waals surface area contributed by atoms with Crippen LogP contribution in [0.2, 0.25) is 0 Å². The van der Waals surface area contributed by atoms with Crippen LogP contribution in [-0.4, -0.2) is 29.3 Å². The first-order chi connectivity index (χ1) is 7.72. The first-order valence-electron chi connectivity index (χ1n) is 5.79. The highest BCUT2D eigenvalue weighted by atomic mass is 16.3. The van der Waals surface area contributed by atoms with E-state index in [9.17, 15) is 5.11 Å². The van der Waals surface area contributed by atoms with Crippen molar-refractivity contribution in [2.45, 2.75) is 26.0 Å². The Morgan fingerprint density at radius 1 is 1.62 bits per heavy atom. The summed E-state index contributed by atoms with van der Waals surface area (Å²) in [6.45, 7) is 4.29. The third-order valence-corrected chi connectivity index (χ3v) is 3.26. The molecule has 1 saturated heterocycles. The minimum absolute atomic E-state index is 0.172. The van der Waals surface area contributed by atoms with E-state index in [1.165, 1.54) is 0 Å². The van der Waals surface area contributed by atoms with E-state index in [-0.39, 0.29) is 6.10 Å². The monoisotopic (exact) mass is 221 g/mol. The van der Waals surface area contributed by atoms with E-state index < -0.39 is 0 Å². The predicted octanol–water partition coefficient (Wildman–Crippen LogP) is 0.747. The molecule has 0 bridgehead atoms. The zero-order chi connectivity index (χ0) is 11.5. The number of hydrogen-bond acceptors (Lipinski definition) is 4. The molecule has 1 aliphatic rings. The van der Waals surface area contributed by atoms with Crippen LogP contribution in [0.5, 0.6) is 0 Å². The normalized spacial score (nSPS) is 25.8. The molecule has 3 N–H and O–H groups in total. The second-order valence-electron chi connectivity index (χ2n) is 4.45. The minimum atomic E-state index is -0.172. The zero-order valence-electron chi connectivity index (χ0n) is 9.63. The van der Waals surface area contributed by atoms with Crippen molar-refractivity contribution in [1.82, 2.24) is 4.98 Å². The molecular formula is C12H19N3O. The molecular weight excluding hydrogens is 202 g/mol. The lowest BCUT2D eigenvalue weighted by Crippen LogP contribution is -2.42. The maximum atomic E-state index is 9.70. The summed E-state index contributed by atoms with van der Waals surface area (Å²) in [6, 6.07) is 3.99. The fourth-order valence-electron chi connectivity index (χ4n) is 2.23. The van der Waals surface area contributed by atoms with Gasteiger partial charge in [-0.1, -0.05) is 6.92 Å². The zero-order valence-corrected chi connectivity index (χ0v) is 9.63. The SMILES string of the molecule is CC1CN(c2cccnc2CN)CCC1O. The molecule has 4 nitrogen and oxygen atoms in total. The summed E-state index contributed by atoms with van der Waals surface area (Å²) in [6.07, 6.45) is 2.42. The average molecular weight is 221 g/mol. The first-order valence-corrected chi connectivity index (χ1v) is 5.79. The van der Waals surface area contributed by atoms with Gasteiger partial charge in [0.05, 0.1) is 17.5 Å². The summed E-state index contributed by atoms with van der Waals surface area (Å²) < 4.78 is 0. The van der Waals surface area contributed by atoms with Crippen LogP contribution in [0.3, 0.4) is 0 Å². The van der Waals surface area contributed by atoms with Gasteiger partial charge in [-0.15, -0.1) is 0 Å². The second kappa shape index (κ2) is 4.80. The molecule has 0 aliphatic carbocycles. The highest BCUT2D eigenvalue weighted by Gasteiger charge is 2.25. The number of nitrogens with two attached hydrogens (primary N) is 1. The molecule has 4 heteroatoms. The van der Waals surface area contributed by atoms with E-state index in [4.69, 9.17) is 5.73 Å². The summed E-state index contributed by atoms with van der Waals surface area (Å²) in [5.41, 5.74) is 7.73. The summed E-state index contributed by atoms with van der Waals surface area (Å²) in [4.78, 5) is 6.56. The number of anilines is 1. The molecule has 2 heterocycles. The molecule has 88 valence electrons. The van der Waals surface area contributed by atoms with Crippen molar-refractivity contribution in [3.63, 3.8) is 0 Å². The molecule has 0 amide bonds. The minimum Gasteiger partial charge on any atom is -0.393 e. The van der Waals surface area contributed by atoms with Crippen molar-refractivity contribution in [2.75, 3.05) is 18.0 Å². The van der Waals surface area contributed by atoms with Gasteiger partial charge in [0.2, 0.25) is 0 Å². The van der Waals surface area contributed by atoms with Crippen molar-refractivity contribution in [3.05, 3.63) is 24.0 Å². The van der Waals surface area contributed by atoms with E-state index in [1.807, 2.05) is 6.07 Å². The lowest BCUT2D eigenvalue weighted by Gasteiger charge is -2.36. The van der Waals surface area contributed by atoms with E-state index >= 15 is 0 Å². The van der Waals surface area contributed by atoms with Crippen LogP contribution >= 0.6 is 0 Å². The standard InChI is InChI=1S/C12H19N3O/c1-9-8-15(6-4-12(9)16)11-3-2-5-14-10(11)7-13/h2-3,5,9,12,16H,4,6-8,13H2,1H3. The van der Waals surface area contributed by atoms with Crippen molar-refractivity contribution < 1.29 is 5.11 Å². The molecule has 2 rings (SSSR count). The van der Waals surface area contributed by atoms with Gasteiger partial charge in [-0.2, -0.15) is 0 Å². The highest BCUT2D eigenvalue weighted by Crippen LogP contribution is 2.25. The molecule has 1 aromatic heterocycles. The Morgan fingerprint density at radius 3 is 3.12 bits per heavy atom. The van der Waals surface area contributed by atoms with Crippen LogP contribution in [-0.2, 0) is 6.54 Å². The van der Waals surface area contributed by atoms with Gasteiger partial charge in [0.25, 0.3) is 0 Å². The van der Waals surface area contributed by atoms with Gasteiger partial charge in [0.1, 0.15) is 0 Å². The van der Waals surface area contributed by atoms with Crippen LogP contribution < -0.4 is 10.6 Å². The Balaban J connectivity index is 2.18. The Kier molecular flexibility index (Phi) is 3.41. The number of aromatic nitrogens is 1. The number of pyridine rings is 1. The number of aliphatic hydroxyl groups is 1. The lowest BCUT2D eigenvalue weighted by molar-refractivity contribution is 0.0970. The van der Waals surface area contributed by atoms with Crippen LogP contribution in [0.4, 0.5) is 5.69 Å². The van der Waals surface area contributed by atoms with Gasteiger partial charge in [-0.05, 0) is 24.5 Å². The van der Waals surface area contributed by atoms with Crippen molar-refractivity contribution in [1.29, 1.82) is 0 Å². The van der Waals surface area contributed by atoms with E-state index in [0.29, 0.717) is 12.5 Å². The van der Waals surface area contributed by atoms with Crippen molar-refractivity contribution in [3.8, 4) is 0 Å². The molecule has 2 atom stereocenters. The number of hydrogen-bond donors (Lipinski definition) is 2. The molecule has 1 aromatic rings. The van der Waals surface area contributed by atoms with Gasteiger partial charge in [0.15, 0.2) is 0 Å². The summed E-state index contributed by atoms with van der Waals surface area (Å²) >= 11 is 0. The molecule has 2 unspecified atom stereocenters. The Morgan fingerprint density at radius 2 is 2.44 bits per heavy atom. The summed E-state index contributed by atoms with van der Waals surface area (Å²) in [5.74, 6) is 0.305. The topological polar surface area (TPSA) is 62.4 Å². The Bertz CT molecular complexity index is 356. The molecule has 0 radical (unpaired) electrons. The highest BCUT2D eigenvalue weighted by molar-refractivity contribution is 5.50. The Labute approximate surface area is 96.1 Å². The molecule has 1 aliphatic heterocycles. The fourth-order valence-corrected chi connectivity index (χ4v) is 2.23. The third-order valence-electron chi connectivity index (χ3n) is 3.26. The third kappa shape index (κ3) is 2.18. The fraction of sp³-hybridized carbons (Fsp3) is 0.583. The lowest BCUT2D eigenvalue weighted by atomic mass is 9.96. The second-order valence-corrected chi connectivity index (χ2v) is 4.45. The van der Waals surface area contributed by atoms with E-state index in [1.54, 1.807) is 6.20 Å². The molecule has 16 heavy (non-hydrogen) atoms. The van der Waals surface area contributed by atoms with Crippen molar-refractivity contribution >= 4 is 5.69 Å². The molecule has 0 aromatic carbocycles. The van der Waals surface area contributed by atoms with E-state index in [2.05, 4.69) is 22.9 Å². The van der Waals surface area contributed by atoms with Gasteiger partial charge < -0.3 is 15.7 Å². The van der Waals surface area contributed by atoms with E-state index in [0.717, 1.165) is 30.9 Å². The smallest absolute Gasteiger partial charge is 0.0772 e. The predicted molar refractivity (Wildman–Crippen MR) is 64.1 cm³/mol. The number of piperidine rings is 1. The maximum absolute atomic E-state index is 9.70. The number of aliphatic hydroxyl groups excluding tert-OH is 1. The molecule has 1 fully saturated rings. The summed E-state index contributed by atoms with van der Waals surface area (Å²) in [7, 11) is 0. The van der Waals surface area contributed by atoms with Crippen LogP contribution in [0.25, 0.3) is 0 Å². The van der Waals surface area contributed by atoms with Gasteiger partial charge in [-0.3, -0.25) is 4.98 Å². The Hall–Kier alpha value is -1.13. The molecule has 0 saturated carbocycles. The van der Waals surface area contributed by atoms with Crippen LogP contribution in [0.1, 0.15) is 19.0 Å². The van der Waals surface area contributed by atoms with Crippen molar-refractivity contribution in [2.24, 2.45) is 11.7 Å². The summed E-state index contributed by atoms with van der Waals surface area (Å²) in [5, 5.41) is 9.70. The quantitative estimate of drug-likeness (QED) is 0.773. The van der Waals surface area contributed by atoms with Gasteiger partial charge >= 0.3 is 0 Å².